The van der Waals surface area contributed by atoms with Gasteiger partial charge in [-0.1, -0.05) is 48.2 Å². The molecule has 1 aliphatic carbocycles. The summed E-state index contributed by atoms with van der Waals surface area (Å²) in [6.45, 7) is 3.11. The maximum Gasteiger partial charge on any atom is 0.242 e. The van der Waals surface area contributed by atoms with Crippen molar-refractivity contribution in [2.24, 2.45) is 0 Å². The first-order chi connectivity index (χ1) is 16.4. The van der Waals surface area contributed by atoms with E-state index in [9.17, 15) is 9.59 Å². The van der Waals surface area contributed by atoms with Gasteiger partial charge in [0.25, 0.3) is 0 Å². The van der Waals surface area contributed by atoms with E-state index in [1.807, 2.05) is 24.3 Å². The molecule has 1 heterocycles. The molecule has 1 fully saturated rings. The van der Waals surface area contributed by atoms with Gasteiger partial charge in [0, 0.05) is 19.0 Å². The molecule has 1 aliphatic heterocycles. The molecule has 0 bridgehead atoms. The summed E-state index contributed by atoms with van der Waals surface area (Å²) >= 11 is 12.3. The fourth-order valence-electron chi connectivity index (χ4n) is 4.45. The lowest BCUT2D eigenvalue weighted by Crippen LogP contribution is -2.49. The molecular weight excluding hydrogens is 475 g/mol. The summed E-state index contributed by atoms with van der Waals surface area (Å²) < 4.78 is 11.2. The second-order valence-corrected chi connectivity index (χ2v) is 9.73. The SMILES string of the molecule is CC(C(=O)NC1CCCC1)N(Cc1ccc(Cl)c(Cl)c1)C(=O)CCc1ccc2c(c1)OCCO2. The van der Waals surface area contributed by atoms with Crippen LogP contribution in [0.15, 0.2) is 36.4 Å². The molecule has 1 N–H and O–H groups in total. The molecule has 0 aromatic heterocycles. The van der Waals surface area contributed by atoms with Gasteiger partial charge in [0.05, 0.1) is 10.0 Å². The van der Waals surface area contributed by atoms with Gasteiger partial charge in [-0.3, -0.25) is 9.59 Å². The molecule has 2 aromatic carbocycles. The van der Waals surface area contributed by atoms with Crippen molar-refractivity contribution in [1.82, 2.24) is 10.2 Å². The summed E-state index contributed by atoms with van der Waals surface area (Å²) in [5.41, 5.74) is 1.80. The summed E-state index contributed by atoms with van der Waals surface area (Å²) in [6, 6.07) is 10.6. The van der Waals surface area contributed by atoms with E-state index in [1.54, 1.807) is 24.0 Å². The predicted octanol–water partition coefficient (Wildman–Crippen LogP) is 5.17. The van der Waals surface area contributed by atoms with Crippen LogP contribution >= 0.6 is 23.2 Å². The van der Waals surface area contributed by atoms with Crippen LogP contribution in [0.2, 0.25) is 10.0 Å². The number of nitrogens with one attached hydrogen (secondary N) is 1. The molecule has 0 radical (unpaired) electrons. The zero-order valence-electron chi connectivity index (χ0n) is 19.3. The third kappa shape index (κ3) is 6.16. The zero-order valence-corrected chi connectivity index (χ0v) is 20.8. The summed E-state index contributed by atoms with van der Waals surface area (Å²) in [7, 11) is 0. The van der Waals surface area contributed by atoms with E-state index in [1.165, 1.54) is 0 Å². The monoisotopic (exact) mass is 504 g/mol. The van der Waals surface area contributed by atoms with E-state index < -0.39 is 6.04 Å². The fourth-order valence-corrected chi connectivity index (χ4v) is 4.77. The van der Waals surface area contributed by atoms with Gasteiger partial charge in [0.15, 0.2) is 11.5 Å². The number of ether oxygens (including phenoxy) is 2. The van der Waals surface area contributed by atoms with Crippen LogP contribution in [0.5, 0.6) is 11.5 Å². The Hall–Kier alpha value is -2.44. The number of benzene rings is 2. The third-order valence-corrected chi connectivity index (χ3v) is 7.18. The van der Waals surface area contributed by atoms with Crippen LogP contribution in [0.4, 0.5) is 0 Å². The number of hydrogen-bond acceptors (Lipinski definition) is 4. The molecule has 4 rings (SSSR count). The molecule has 8 heteroatoms. The lowest BCUT2D eigenvalue weighted by atomic mass is 10.1. The van der Waals surface area contributed by atoms with E-state index in [0.717, 1.165) is 42.6 Å². The number of hydrogen-bond donors (Lipinski definition) is 1. The topological polar surface area (TPSA) is 67.9 Å². The molecule has 2 aliphatic rings. The van der Waals surface area contributed by atoms with E-state index in [-0.39, 0.29) is 30.8 Å². The Kier molecular flexibility index (Phi) is 8.22. The summed E-state index contributed by atoms with van der Waals surface area (Å²) in [5.74, 6) is 1.20. The lowest BCUT2D eigenvalue weighted by molar-refractivity contribution is -0.140. The Labute approximate surface area is 210 Å². The fraction of sp³-hybridized carbons (Fsp3) is 0.462. The normalized spacial score (nSPS) is 16.2. The number of fused-ring (bicyclic) bond motifs is 1. The summed E-state index contributed by atoms with van der Waals surface area (Å²) in [4.78, 5) is 28.0. The largest absolute Gasteiger partial charge is 0.486 e. The van der Waals surface area contributed by atoms with E-state index >= 15 is 0 Å². The highest BCUT2D eigenvalue weighted by atomic mass is 35.5. The standard InChI is InChI=1S/C26H30Cl2N2O4/c1-17(26(32)29-20-4-2-3-5-20)30(16-19-6-9-21(27)22(28)14-19)25(31)11-8-18-7-10-23-24(15-18)34-13-12-33-23/h6-7,9-10,14-15,17,20H,2-5,8,11-13,16H2,1H3,(H,29,32). The Morgan fingerprint density at radius 2 is 1.71 bits per heavy atom. The van der Waals surface area contributed by atoms with Crippen molar-refractivity contribution in [3.8, 4) is 11.5 Å². The maximum absolute atomic E-state index is 13.4. The third-order valence-electron chi connectivity index (χ3n) is 6.44. The number of nitrogens with zero attached hydrogens (tertiary/aromatic N) is 1. The van der Waals surface area contributed by atoms with Gasteiger partial charge in [-0.05, 0) is 61.6 Å². The number of halogens is 2. The number of amides is 2. The second-order valence-electron chi connectivity index (χ2n) is 8.91. The van der Waals surface area contributed by atoms with Crippen LogP contribution < -0.4 is 14.8 Å². The van der Waals surface area contributed by atoms with E-state index in [4.69, 9.17) is 32.7 Å². The van der Waals surface area contributed by atoms with Crippen LogP contribution in [0.3, 0.4) is 0 Å². The lowest BCUT2D eigenvalue weighted by Gasteiger charge is -2.30. The van der Waals surface area contributed by atoms with Gasteiger partial charge in [-0.25, -0.2) is 0 Å². The van der Waals surface area contributed by atoms with Crippen molar-refractivity contribution in [2.45, 2.75) is 64.1 Å². The molecule has 2 aromatic rings. The molecule has 6 nitrogen and oxygen atoms in total. The van der Waals surface area contributed by atoms with Crippen molar-refractivity contribution in [3.05, 3.63) is 57.6 Å². The molecule has 34 heavy (non-hydrogen) atoms. The average Bonchev–Trinajstić information content (AvgIpc) is 3.35. The maximum atomic E-state index is 13.4. The molecule has 2 amide bonds. The Bertz CT molecular complexity index is 1040. The summed E-state index contributed by atoms with van der Waals surface area (Å²) in [6.07, 6.45) is 5.03. The smallest absolute Gasteiger partial charge is 0.242 e. The van der Waals surface area contributed by atoms with Gasteiger partial charge in [0.2, 0.25) is 11.8 Å². The first-order valence-electron chi connectivity index (χ1n) is 11.8. The zero-order chi connectivity index (χ0) is 24.1. The molecule has 182 valence electrons. The van der Waals surface area contributed by atoms with E-state index in [2.05, 4.69) is 5.32 Å². The Morgan fingerprint density at radius 3 is 2.44 bits per heavy atom. The Morgan fingerprint density at radius 1 is 1.00 bits per heavy atom. The van der Waals surface area contributed by atoms with Crippen LogP contribution in [-0.2, 0) is 22.6 Å². The van der Waals surface area contributed by atoms with Gasteiger partial charge in [-0.15, -0.1) is 0 Å². The summed E-state index contributed by atoms with van der Waals surface area (Å²) in [5, 5.41) is 3.99. The first kappa shape index (κ1) is 24.7. The molecule has 0 saturated heterocycles. The second kappa shape index (κ2) is 11.3. The number of rotatable bonds is 8. The van der Waals surface area contributed by atoms with Crippen LogP contribution in [0.1, 0.15) is 50.2 Å². The minimum atomic E-state index is -0.609. The van der Waals surface area contributed by atoms with Crippen molar-refractivity contribution in [2.75, 3.05) is 13.2 Å². The number of carbonyl (C=O) groups is 2. The molecule has 1 atom stereocenters. The average molecular weight is 505 g/mol. The van der Waals surface area contributed by atoms with Crippen LogP contribution in [0.25, 0.3) is 0 Å². The van der Waals surface area contributed by atoms with Crippen LogP contribution in [0, 0.1) is 0 Å². The molecule has 0 spiro atoms. The molecular formula is C26H30Cl2N2O4. The highest BCUT2D eigenvalue weighted by Gasteiger charge is 2.28. The van der Waals surface area contributed by atoms with Crippen molar-refractivity contribution >= 4 is 35.0 Å². The minimum absolute atomic E-state index is 0.102. The minimum Gasteiger partial charge on any atom is -0.486 e. The molecule has 1 unspecified atom stereocenters. The van der Waals surface area contributed by atoms with Crippen molar-refractivity contribution in [3.63, 3.8) is 0 Å². The molecule has 1 saturated carbocycles. The van der Waals surface area contributed by atoms with E-state index in [0.29, 0.717) is 35.4 Å². The number of aryl methyl sites for hydroxylation is 1. The van der Waals surface area contributed by atoms with Gasteiger partial charge < -0.3 is 19.7 Å². The first-order valence-corrected chi connectivity index (χ1v) is 12.6. The Balaban J connectivity index is 1.46. The number of carbonyl (C=O) groups excluding carboxylic acids is 2. The van der Waals surface area contributed by atoms with Gasteiger partial charge in [0.1, 0.15) is 19.3 Å². The highest BCUT2D eigenvalue weighted by Crippen LogP contribution is 2.31. The van der Waals surface area contributed by atoms with Crippen molar-refractivity contribution < 1.29 is 19.1 Å². The van der Waals surface area contributed by atoms with Gasteiger partial charge in [-0.2, -0.15) is 0 Å². The predicted molar refractivity (Wildman–Crippen MR) is 133 cm³/mol. The van der Waals surface area contributed by atoms with Gasteiger partial charge >= 0.3 is 0 Å². The van der Waals surface area contributed by atoms with Crippen LogP contribution in [-0.4, -0.2) is 42.0 Å². The van der Waals surface area contributed by atoms with Crippen molar-refractivity contribution in [1.29, 1.82) is 0 Å². The highest BCUT2D eigenvalue weighted by molar-refractivity contribution is 6.42. The quantitative estimate of drug-likeness (QED) is 0.538.